The van der Waals surface area contributed by atoms with Gasteiger partial charge in [-0.3, -0.25) is 0 Å². The van der Waals surface area contributed by atoms with Crippen LogP contribution >= 0.6 is 23.4 Å². The third-order valence-corrected chi connectivity index (χ3v) is 4.37. The topological polar surface area (TPSA) is 21.3 Å². The van der Waals surface area contributed by atoms with Crippen LogP contribution in [0.2, 0.25) is 5.02 Å². The van der Waals surface area contributed by atoms with Crippen molar-refractivity contribution in [3.05, 3.63) is 23.2 Å². The Labute approximate surface area is 118 Å². The van der Waals surface area contributed by atoms with E-state index in [2.05, 4.69) is 12.2 Å². The van der Waals surface area contributed by atoms with E-state index >= 15 is 0 Å². The molecule has 0 spiro atoms. The largest absolute Gasteiger partial charge is 0.491 e. The molecular formula is C14H20ClNOS. The molecule has 0 amide bonds. The number of halogens is 1. The van der Waals surface area contributed by atoms with Crippen LogP contribution in [0.25, 0.3) is 0 Å². The molecule has 0 bridgehead atoms. The first-order valence-electron chi connectivity index (χ1n) is 6.56. The highest BCUT2D eigenvalue weighted by Crippen LogP contribution is 2.30. The predicted octanol–water partition coefficient (Wildman–Crippen LogP) is 4.44. The maximum Gasteiger partial charge on any atom is 0.142 e. The van der Waals surface area contributed by atoms with Crippen molar-refractivity contribution in [3.63, 3.8) is 0 Å². The van der Waals surface area contributed by atoms with E-state index in [0.717, 1.165) is 29.5 Å². The molecule has 0 saturated carbocycles. The zero-order valence-corrected chi connectivity index (χ0v) is 12.3. The molecule has 1 aromatic rings. The van der Waals surface area contributed by atoms with Gasteiger partial charge in [-0.1, -0.05) is 18.5 Å². The number of rotatable bonds is 5. The lowest BCUT2D eigenvalue weighted by molar-refractivity contribution is 0.318. The minimum absolute atomic E-state index is 0.534. The van der Waals surface area contributed by atoms with Crippen LogP contribution in [0.3, 0.4) is 0 Å². The highest BCUT2D eigenvalue weighted by molar-refractivity contribution is 7.99. The standard InChI is InChI=1S/C14H20ClNOS/c1-2-7-17-14-6-5-11(15)9-13(14)16-12-4-3-8-18-10-12/h5-6,9,12,16H,2-4,7-8,10H2,1H3. The molecule has 1 fully saturated rings. The molecule has 1 atom stereocenters. The molecule has 1 aromatic carbocycles. The van der Waals surface area contributed by atoms with Crippen LogP contribution in [0, 0.1) is 0 Å². The zero-order valence-electron chi connectivity index (χ0n) is 10.7. The molecule has 0 aliphatic carbocycles. The van der Waals surface area contributed by atoms with Crippen molar-refractivity contribution in [1.82, 2.24) is 0 Å². The van der Waals surface area contributed by atoms with E-state index in [1.54, 1.807) is 0 Å². The molecule has 100 valence electrons. The normalized spacial score (nSPS) is 19.6. The molecule has 1 aliphatic rings. The van der Waals surface area contributed by atoms with E-state index in [0.29, 0.717) is 6.04 Å². The molecule has 2 rings (SSSR count). The number of hydrogen-bond acceptors (Lipinski definition) is 3. The fourth-order valence-electron chi connectivity index (χ4n) is 2.03. The van der Waals surface area contributed by atoms with Crippen LogP contribution in [0.4, 0.5) is 5.69 Å². The molecule has 1 saturated heterocycles. The molecule has 0 radical (unpaired) electrons. The van der Waals surface area contributed by atoms with Crippen LogP contribution < -0.4 is 10.1 Å². The van der Waals surface area contributed by atoms with Crippen molar-refractivity contribution in [2.45, 2.75) is 32.2 Å². The van der Waals surface area contributed by atoms with Gasteiger partial charge in [-0.05, 0) is 43.2 Å². The summed E-state index contributed by atoms with van der Waals surface area (Å²) in [4.78, 5) is 0. The number of anilines is 1. The Kier molecular flexibility index (Phi) is 5.51. The Balaban J connectivity index is 2.05. The Morgan fingerprint density at radius 3 is 3.11 bits per heavy atom. The van der Waals surface area contributed by atoms with Crippen molar-refractivity contribution >= 4 is 29.1 Å². The van der Waals surface area contributed by atoms with E-state index in [1.807, 2.05) is 30.0 Å². The van der Waals surface area contributed by atoms with E-state index in [9.17, 15) is 0 Å². The first-order chi connectivity index (χ1) is 8.79. The molecule has 2 nitrogen and oxygen atoms in total. The van der Waals surface area contributed by atoms with Crippen molar-refractivity contribution in [1.29, 1.82) is 0 Å². The molecule has 1 aliphatic heterocycles. The number of benzene rings is 1. The van der Waals surface area contributed by atoms with Gasteiger partial charge < -0.3 is 10.1 Å². The molecule has 4 heteroatoms. The fraction of sp³-hybridized carbons (Fsp3) is 0.571. The second-order valence-electron chi connectivity index (χ2n) is 4.55. The lowest BCUT2D eigenvalue weighted by atomic mass is 10.1. The number of hydrogen-bond donors (Lipinski definition) is 1. The number of ether oxygens (including phenoxy) is 1. The maximum atomic E-state index is 6.07. The molecule has 18 heavy (non-hydrogen) atoms. The second-order valence-corrected chi connectivity index (χ2v) is 6.13. The van der Waals surface area contributed by atoms with Crippen LogP contribution in [-0.4, -0.2) is 24.2 Å². The summed E-state index contributed by atoms with van der Waals surface area (Å²) in [6.45, 7) is 2.86. The molecule has 1 heterocycles. The average molecular weight is 286 g/mol. The van der Waals surface area contributed by atoms with E-state index in [-0.39, 0.29) is 0 Å². The molecule has 1 unspecified atom stereocenters. The highest BCUT2D eigenvalue weighted by Gasteiger charge is 2.15. The average Bonchev–Trinajstić information content (AvgIpc) is 2.39. The van der Waals surface area contributed by atoms with Gasteiger partial charge in [0.05, 0.1) is 12.3 Å². The van der Waals surface area contributed by atoms with E-state index in [4.69, 9.17) is 16.3 Å². The SMILES string of the molecule is CCCOc1ccc(Cl)cc1NC1CCCSC1. The summed E-state index contributed by atoms with van der Waals surface area (Å²) >= 11 is 8.08. The van der Waals surface area contributed by atoms with Gasteiger partial charge in [0.1, 0.15) is 5.75 Å². The van der Waals surface area contributed by atoms with Gasteiger partial charge in [-0.25, -0.2) is 0 Å². The van der Waals surface area contributed by atoms with Gasteiger partial charge in [-0.2, -0.15) is 11.8 Å². The van der Waals surface area contributed by atoms with Gasteiger partial charge in [-0.15, -0.1) is 0 Å². The lowest BCUT2D eigenvalue weighted by Gasteiger charge is -2.24. The Bertz CT molecular complexity index is 380. The number of nitrogens with one attached hydrogen (secondary N) is 1. The second kappa shape index (κ2) is 7.15. The van der Waals surface area contributed by atoms with Gasteiger partial charge in [0, 0.05) is 16.8 Å². The Hall–Kier alpha value is -0.540. The third kappa shape index (κ3) is 3.99. The fourth-order valence-corrected chi connectivity index (χ4v) is 3.27. The zero-order chi connectivity index (χ0) is 12.8. The Morgan fingerprint density at radius 1 is 1.50 bits per heavy atom. The quantitative estimate of drug-likeness (QED) is 0.864. The summed E-state index contributed by atoms with van der Waals surface area (Å²) in [7, 11) is 0. The smallest absolute Gasteiger partial charge is 0.142 e. The summed E-state index contributed by atoms with van der Waals surface area (Å²) in [5.41, 5.74) is 1.03. The predicted molar refractivity (Wildman–Crippen MR) is 81.2 cm³/mol. The van der Waals surface area contributed by atoms with Crippen molar-refractivity contribution in [2.75, 3.05) is 23.4 Å². The van der Waals surface area contributed by atoms with Gasteiger partial charge in [0.2, 0.25) is 0 Å². The van der Waals surface area contributed by atoms with Gasteiger partial charge in [0.25, 0.3) is 0 Å². The van der Waals surface area contributed by atoms with Gasteiger partial charge >= 0.3 is 0 Å². The minimum Gasteiger partial charge on any atom is -0.491 e. The van der Waals surface area contributed by atoms with Crippen LogP contribution in [-0.2, 0) is 0 Å². The minimum atomic E-state index is 0.534. The third-order valence-electron chi connectivity index (χ3n) is 2.92. The van der Waals surface area contributed by atoms with E-state index in [1.165, 1.54) is 24.3 Å². The van der Waals surface area contributed by atoms with Crippen LogP contribution in [0.5, 0.6) is 5.75 Å². The van der Waals surface area contributed by atoms with Crippen molar-refractivity contribution < 1.29 is 4.74 Å². The first kappa shape index (κ1) is 13.9. The summed E-state index contributed by atoms with van der Waals surface area (Å²) in [5.74, 6) is 3.36. The summed E-state index contributed by atoms with van der Waals surface area (Å²) < 4.78 is 5.75. The summed E-state index contributed by atoms with van der Waals surface area (Å²) in [5, 5.41) is 4.32. The lowest BCUT2D eigenvalue weighted by Crippen LogP contribution is -2.26. The monoisotopic (exact) mass is 285 g/mol. The highest BCUT2D eigenvalue weighted by atomic mass is 35.5. The molecule has 0 aromatic heterocycles. The van der Waals surface area contributed by atoms with Crippen molar-refractivity contribution in [3.8, 4) is 5.75 Å². The van der Waals surface area contributed by atoms with Crippen LogP contribution in [0.15, 0.2) is 18.2 Å². The van der Waals surface area contributed by atoms with Crippen LogP contribution in [0.1, 0.15) is 26.2 Å². The van der Waals surface area contributed by atoms with Gasteiger partial charge in [0.15, 0.2) is 0 Å². The molecule has 1 N–H and O–H groups in total. The first-order valence-corrected chi connectivity index (χ1v) is 8.09. The maximum absolute atomic E-state index is 6.07. The Morgan fingerprint density at radius 2 is 2.39 bits per heavy atom. The summed E-state index contributed by atoms with van der Waals surface area (Å²) in [6, 6.07) is 6.33. The summed E-state index contributed by atoms with van der Waals surface area (Å²) in [6.07, 6.45) is 3.53. The van der Waals surface area contributed by atoms with Crippen molar-refractivity contribution in [2.24, 2.45) is 0 Å². The molecular weight excluding hydrogens is 266 g/mol. The van der Waals surface area contributed by atoms with E-state index < -0.39 is 0 Å². The number of thioether (sulfide) groups is 1.